The lowest BCUT2D eigenvalue weighted by molar-refractivity contribution is 0.487. The van der Waals surface area contributed by atoms with Gasteiger partial charge >= 0.3 is 0 Å². The average molecular weight is 747 g/mol. The minimum Gasteiger partial charge on any atom is -0.456 e. The Morgan fingerprint density at radius 3 is 1.51 bits per heavy atom. The normalized spacial score (nSPS) is 12.2. The summed E-state index contributed by atoms with van der Waals surface area (Å²) in [4.78, 5) is 0. The largest absolute Gasteiger partial charge is 0.456 e. The predicted molar refractivity (Wildman–Crippen MR) is 251 cm³/mol. The molecule has 0 radical (unpaired) electrons. The van der Waals surface area contributed by atoms with E-state index in [4.69, 9.17) is 4.74 Å². The van der Waals surface area contributed by atoms with Crippen LogP contribution in [0.2, 0.25) is 0 Å². The van der Waals surface area contributed by atoms with Gasteiger partial charge in [-0.3, -0.25) is 0 Å². The summed E-state index contributed by atoms with van der Waals surface area (Å²) in [7, 11) is 0. The van der Waals surface area contributed by atoms with Gasteiger partial charge in [0.05, 0.1) is 0 Å². The van der Waals surface area contributed by atoms with Crippen LogP contribution >= 0.6 is 0 Å². The van der Waals surface area contributed by atoms with Gasteiger partial charge in [0, 0.05) is 10.9 Å². The van der Waals surface area contributed by atoms with Gasteiger partial charge in [0.25, 0.3) is 0 Å². The van der Waals surface area contributed by atoms with Crippen LogP contribution in [0.3, 0.4) is 0 Å². The van der Waals surface area contributed by atoms with Gasteiger partial charge in [0.1, 0.15) is 11.5 Å². The molecule has 0 bridgehead atoms. The molecule has 1 heteroatoms. The molecule has 13 rings (SSSR count). The maximum absolute atomic E-state index is 6.90. The van der Waals surface area contributed by atoms with E-state index in [1.54, 1.807) is 0 Å². The van der Waals surface area contributed by atoms with E-state index in [-0.39, 0.29) is 0 Å². The minimum absolute atomic E-state index is 0.889. The molecule has 272 valence electrons. The summed E-state index contributed by atoms with van der Waals surface area (Å²) in [5, 5.41) is 17.3. The molecule has 0 fully saturated rings. The van der Waals surface area contributed by atoms with Crippen molar-refractivity contribution in [1.82, 2.24) is 0 Å². The topological polar surface area (TPSA) is 9.23 Å². The highest BCUT2D eigenvalue weighted by Crippen LogP contribution is 2.52. The number of ether oxygens (including phenoxy) is 1. The van der Waals surface area contributed by atoms with E-state index in [2.05, 4.69) is 206 Å². The Bertz CT molecular complexity index is 3710. The molecule has 1 heterocycles. The van der Waals surface area contributed by atoms with E-state index in [1.165, 1.54) is 103 Å². The van der Waals surface area contributed by atoms with Crippen LogP contribution in [0.5, 0.6) is 11.5 Å². The van der Waals surface area contributed by atoms with Gasteiger partial charge in [-0.1, -0.05) is 152 Å². The van der Waals surface area contributed by atoms with E-state index in [0.717, 1.165) is 28.0 Å². The zero-order valence-electron chi connectivity index (χ0n) is 32.0. The molecule has 12 aromatic carbocycles. The quantitative estimate of drug-likeness (QED) is 0.129. The highest BCUT2D eigenvalue weighted by atomic mass is 16.5. The lowest BCUT2D eigenvalue weighted by atomic mass is 9.85. The molecule has 0 N–H and O–H groups in total. The molecule has 1 aliphatic heterocycles. The van der Waals surface area contributed by atoms with Crippen molar-refractivity contribution in [1.29, 1.82) is 0 Å². The van der Waals surface area contributed by atoms with Crippen molar-refractivity contribution >= 4 is 75.4 Å². The summed E-state index contributed by atoms with van der Waals surface area (Å²) in [5.41, 5.74) is 9.64. The maximum atomic E-state index is 6.90. The second-order valence-corrected chi connectivity index (χ2v) is 16.0. The van der Waals surface area contributed by atoms with Gasteiger partial charge in [0.2, 0.25) is 0 Å². The van der Waals surface area contributed by atoms with Crippen LogP contribution in [0.25, 0.3) is 120 Å². The lowest BCUT2D eigenvalue weighted by Gasteiger charge is -2.24. The Morgan fingerprint density at radius 2 is 0.763 bits per heavy atom. The first-order valence-corrected chi connectivity index (χ1v) is 20.4. The third-order valence-corrected chi connectivity index (χ3v) is 12.7. The maximum Gasteiger partial charge on any atom is 0.135 e. The van der Waals surface area contributed by atoms with Crippen LogP contribution in [0.1, 0.15) is 0 Å². The van der Waals surface area contributed by atoms with Crippen LogP contribution in [0.4, 0.5) is 0 Å². The fourth-order valence-corrected chi connectivity index (χ4v) is 9.95. The monoisotopic (exact) mass is 746 g/mol. The first-order chi connectivity index (χ1) is 29.2. The zero-order chi connectivity index (χ0) is 38.6. The number of benzene rings is 12. The minimum atomic E-state index is 0.889. The van der Waals surface area contributed by atoms with Gasteiger partial charge in [0.15, 0.2) is 0 Å². The molecule has 0 amide bonds. The Hall–Kier alpha value is -7.74. The van der Waals surface area contributed by atoms with Crippen LogP contribution in [0, 0.1) is 0 Å². The molecule has 0 unspecified atom stereocenters. The van der Waals surface area contributed by atoms with Crippen LogP contribution in [0.15, 0.2) is 206 Å². The first-order valence-electron chi connectivity index (χ1n) is 20.4. The van der Waals surface area contributed by atoms with E-state index in [1.807, 2.05) is 0 Å². The Kier molecular flexibility index (Phi) is 6.79. The van der Waals surface area contributed by atoms with Gasteiger partial charge in [-0.15, -0.1) is 0 Å². The smallest absolute Gasteiger partial charge is 0.135 e. The van der Waals surface area contributed by atoms with E-state index < -0.39 is 0 Å². The molecule has 1 aliphatic rings. The molecule has 0 atom stereocenters. The van der Waals surface area contributed by atoms with Gasteiger partial charge in [-0.25, -0.2) is 0 Å². The summed E-state index contributed by atoms with van der Waals surface area (Å²) < 4.78 is 6.90. The second kappa shape index (κ2) is 12.4. The molecular formula is C58H34O. The van der Waals surface area contributed by atoms with E-state index >= 15 is 0 Å². The third kappa shape index (κ3) is 4.92. The van der Waals surface area contributed by atoms with E-state index in [0.29, 0.717) is 0 Å². The number of rotatable bonds is 3. The SMILES string of the molecule is c1ccc2cc(-c3ccc4cc(-c5cc6c7cccc8c7c(cc6c6ccccc56)-c5ccc(-c6c7ccccc7cc7ccccc67)cc5O8)ccc4c3)ccc2c1. The standard InChI is InChI=1S/C58H34O/c1-2-11-36-28-37(21-20-35(36)10-1)38-22-23-40-30-43(25-24-39(40)29-38)51-33-53-50-18-9-19-55-58(50)54(34-52(53)48-17-8-7-16-47(48)51)49-27-26-44(32-56(49)59-55)57-45-14-5-3-12-41(45)31-42-13-4-6-15-46(42)57/h1-34H. The highest BCUT2D eigenvalue weighted by Gasteiger charge is 2.24. The number of fused-ring (bicyclic) bond motifs is 10. The molecule has 59 heavy (non-hydrogen) atoms. The fraction of sp³-hybridized carbons (Fsp3) is 0. The van der Waals surface area contributed by atoms with Crippen molar-refractivity contribution in [3.63, 3.8) is 0 Å². The van der Waals surface area contributed by atoms with Crippen LogP contribution in [-0.2, 0) is 0 Å². The molecule has 0 aliphatic carbocycles. The molecule has 12 aromatic rings. The van der Waals surface area contributed by atoms with Crippen molar-refractivity contribution in [2.24, 2.45) is 0 Å². The molecular weight excluding hydrogens is 713 g/mol. The van der Waals surface area contributed by atoms with Gasteiger partial charge in [-0.05, 0) is 164 Å². The van der Waals surface area contributed by atoms with Crippen molar-refractivity contribution in [3.05, 3.63) is 206 Å². The van der Waals surface area contributed by atoms with Crippen molar-refractivity contribution in [2.75, 3.05) is 0 Å². The van der Waals surface area contributed by atoms with Gasteiger partial charge < -0.3 is 4.74 Å². The van der Waals surface area contributed by atoms with Crippen molar-refractivity contribution < 1.29 is 4.74 Å². The summed E-state index contributed by atoms with van der Waals surface area (Å²) in [6.45, 7) is 0. The molecule has 1 nitrogen and oxygen atoms in total. The summed E-state index contributed by atoms with van der Waals surface area (Å²) >= 11 is 0. The number of hydrogen-bond acceptors (Lipinski definition) is 1. The van der Waals surface area contributed by atoms with Crippen LogP contribution < -0.4 is 4.74 Å². The molecule has 0 saturated carbocycles. The Labute approximate surface area is 341 Å². The number of hydrogen-bond donors (Lipinski definition) is 0. The molecule has 0 aromatic heterocycles. The summed E-state index contributed by atoms with van der Waals surface area (Å²) in [6.07, 6.45) is 0. The summed E-state index contributed by atoms with van der Waals surface area (Å²) in [5.74, 6) is 1.79. The summed E-state index contributed by atoms with van der Waals surface area (Å²) in [6, 6.07) is 75.9. The van der Waals surface area contributed by atoms with Crippen LogP contribution in [-0.4, -0.2) is 0 Å². The highest BCUT2D eigenvalue weighted by molar-refractivity contribution is 6.25. The zero-order valence-corrected chi connectivity index (χ0v) is 32.0. The molecule has 0 spiro atoms. The molecule has 0 saturated heterocycles. The first kappa shape index (κ1) is 32.4. The van der Waals surface area contributed by atoms with E-state index in [9.17, 15) is 0 Å². The second-order valence-electron chi connectivity index (χ2n) is 16.0. The lowest BCUT2D eigenvalue weighted by Crippen LogP contribution is -1.99. The van der Waals surface area contributed by atoms with Crippen molar-refractivity contribution in [3.8, 4) is 56.0 Å². The van der Waals surface area contributed by atoms with Gasteiger partial charge in [-0.2, -0.15) is 0 Å². The predicted octanol–water partition coefficient (Wildman–Crippen LogP) is 16.5. The fourth-order valence-electron chi connectivity index (χ4n) is 9.95. The van der Waals surface area contributed by atoms with Crippen molar-refractivity contribution in [2.45, 2.75) is 0 Å². The Morgan fingerprint density at radius 1 is 0.237 bits per heavy atom. The Balaban J connectivity index is 0.968. The third-order valence-electron chi connectivity index (χ3n) is 12.7. The average Bonchev–Trinajstić information content (AvgIpc) is 3.30.